The molecule has 0 saturated carbocycles. The molecule has 1 N–H and O–H groups in total. The van der Waals surface area contributed by atoms with Crippen LogP contribution >= 0.6 is 11.8 Å². The van der Waals surface area contributed by atoms with Gasteiger partial charge in [0.1, 0.15) is 0 Å². The third-order valence-corrected chi connectivity index (χ3v) is 5.08. The van der Waals surface area contributed by atoms with Gasteiger partial charge in [-0.05, 0) is 40.2 Å². The van der Waals surface area contributed by atoms with Gasteiger partial charge >= 0.3 is 0 Å². The average Bonchev–Trinajstić information content (AvgIpc) is 2.16. The van der Waals surface area contributed by atoms with E-state index in [9.17, 15) is 0 Å². The Kier molecular flexibility index (Phi) is 3.87. The molecule has 0 aromatic heterocycles. The van der Waals surface area contributed by atoms with Gasteiger partial charge in [-0.25, -0.2) is 0 Å². The van der Waals surface area contributed by atoms with Gasteiger partial charge in [-0.2, -0.15) is 11.8 Å². The van der Waals surface area contributed by atoms with Crippen LogP contribution in [0.5, 0.6) is 0 Å². The topological polar surface area (TPSA) is 15.3 Å². The van der Waals surface area contributed by atoms with Gasteiger partial charge in [-0.15, -0.1) is 0 Å². The molecule has 2 aliphatic heterocycles. The molecule has 0 aromatic rings. The van der Waals surface area contributed by atoms with Gasteiger partial charge in [0.15, 0.2) is 0 Å². The third kappa shape index (κ3) is 3.38. The Labute approximate surface area is 105 Å². The second kappa shape index (κ2) is 4.87. The molecule has 0 aliphatic carbocycles. The second-order valence-electron chi connectivity index (χ2n) is 6.26. The fourth-order valence-electron chi connectivity index (χ4n) is 3.00. The second-order valence-corrected chi connectivity index (χ2v) is 8.07. The first kappa shape index (κ1) is 12.7. The van der Waals surface area contributed by atoms with Crippen molar-refractivity contribution in [1.82, 2.24) is 10.2 Å². The highest BCUT2D eigenvalue weighted by Crippen LogP contribution is 2.31. The summed E-state index contributed by atoms with van der Waals surface area (Å²) >= 11 is 2.12. The molecule has 2 nitrogen and oxygen atoms in total. The monoisotopic (exact) mass is 242 g/mol. The molecule has 0 amide bonds. The molecule has 1 atom stereocenters. The van der Waals surface area contributed by atoms with E-state index < -0.39 is 0 Å². The molecule has 0 aromatic carbocycles. The van der Waals surface area contributed by atoms with Crippen LogP contribution in [0.3, 0.4) is 0 Å². The van der Waals surface area contributed by atoms with Gasteiger partial charge < -0.3 is 5.32 Å². The van der Waals surface area contributed by atoms with Crippen molar-refractivity contribution in [3.05, 3.63) is 0 Å². The molecular formula is C13H26N2S. The van der Waals surface area contributed by atoms with E-state index in [1.165, 1.54) is 51.2 Å². The van der Waals surface area contributed by atoms with Crippen molar-refractivity contribution in [2.24, 2.45) is 0 Å². The molecule has 94 valence electrons. The normalized spacial score (nSPS) is 36.2. The summed E-state index contributed by atoms with van der Waals surface area (Å²) in [5, 5.41) is 3.72. The van der Waals surface area contributed by atoms with Gasteiger partial charge in [0.2, 0.25) is 0 Å². The Morgan fingerprint density at radius 1 is 1.25 bits per heavy atom. The smallest absolute Gasteiger partial charge is 0.0280 e. The van der Waals surface area contributed by atoms with Crippen LogP contribution in [0.2, 0.25) is 0 Å². The summed E-state index contributed by atoms with van der Waals surface area (Å²) in [6.07, 6.45) is 4.10. The van der Waals surface area contributed by atoms with E-state index in [1.807, 2.05) is 0 Å². The molecule has 0 radical (unpaired) electrons. The maximum atomic E-state index is 3.72. The quantitative estimate of drug-likeness (QED) is 0.800. The van der Waals surface area contributed by atoms with E-state index >= 15 is 0 Å². The molecule has 0 bridgehead atoms. The number of hydrogen-bond donors (Lipinski definition) is 1. The van der Waals surface area contributed by atoms with Crippen molar-refractivity contribution in [2.45, 2.75) is 50.3 Å². The zero-order valence-corrected chi connectivity index (χ0v) is 11.8. The fraction of sp³-hybridized carbons (Fsp3) is 1.00. The van der Waals surface area contributed by atoms with Crippen LogP contribution in [0.1, 0.15) is 40.0 Å². The molecule has 1 unspecified atom stereocenters. The molecule has 2 fully saturated rings. The van der Waals surface area contributed by atoms with Gasteiger partial charge in [-0.3, -0.25) is 4.90 Å². The van der Waals surface area contributed by atoms with Gasteiger partial charge in [0.05, 0.1) is 0 Å². The van der Waals surface area contributed by atoms with Gasteiger partial charge in [-0.1, -0.05) is 6.42 Å². The zero-order valence-electron chi connectivity index (χ0n) is 11.0. The first-order valence-corrected chi connectivity index (χ1v) is 7.59. The zero-order chi connectivity index (χ0) is 11.6. The number of thioether (sulfide) groups is 1. The van der Waals surface area contributed by atoms with E-state index in [0.717, 1.165) is 0 Å². The lowest BCUT2D eigenvalue weighted by Gasteiger charge is -2.44. The summed E-state index contributed by atoms with van der Waals surface area (Å²) in [4.78, 5) is 2.66. The highest BCUT2D eigenvalue weighted by Gasteiger charge is 2.33. The lowest BCUT2D eigenvalue weighted by atomic mass is 9.90. The highest BCUT2D eigenvalue weighted by atomic mass is 32.2. The number of rotatable bonds is 2. The molecular weight excluding hydrogens is 216 g/mol. The van der Waals surface area contributed by atoms with Gasteiger partial charge in [0.25, 0.3) is 0 Å². The Balaban J connectivity index is 1.88. The molecule has 2 aliphatic rings. The number of piperidine rings is 1. The van der Waals surface area contributed by atoms with E-state index in [0.29, 0.717) is 10.3 Å². The Morgan fingerprint density at radius 3 is 2.69 bits per heavy atom. The predicted molar refractivity (Wildman–Crippen MR) is 73.2 cm³/mol. The van der Waals surface area contributed by atoms with Crippen LogP contribution in [0, 0.1) is 0 Å². The number of nitrogens with one attached hydrogen (secondary N) is 1. The lowest BCUT2D eigenvalue weighted by molar-refractivity contribution is 0.158. The minimum Gasteiger partial charge on any atom is -0.310 e. The number of nitrogens with zero attached hydrogens (tertiary/aromatic N) is 1. The molecule has 2 heterocycles. The maximum Gasteiger partial charge on any atom is 0.0280 e. The number of hydrogen-bond acceptors (Lipinski definition) is 3. The first-order chi connectivity index (χ1) is 7.49. The van der Waals surface area contributed by atoms with Crippen molar-refractivity contribution in [1.29, 1.82) is 0 Å². The summed E-state index contributed by atoms with van der Waals surface area (Å²) in [5.41, 5.74) is 0.371. The minimum absolute atomic E-state index is 0.371. The summed E-state index contributed by atoms with van der Waals surface area (Å²) in [5.74, 6) is 1.29. The SMILES string of the molecule is CC1(CN2CCSC(C)(C)C2)CCCCN1. The summed E-state index contributed by atoms with van der Waals surface area (Å²) < 4.78 is 0.448. The molecule has 3 heteroatoms. The first-order valence-electron chi connectivity index (χ1n) is 6.61. The molecule has 0 spiro atoms. The van der Waals surface area contributed by atoms with Crippen molar-refractivity contribution < 1.29 is 0 Å². The molecule has 16 heavy (non-hydrogen) atoms. The van der Waals surface area contributed by atoms with Crippen molar-refractivity contribution in [2.75, 3.05) is 31.9 Å². The van der Waals surface area contributed by atoms with Crippen LogP contribution in [0.25, 0.3) is 0 Å². The highest BCUT2D eigenvalue weighted by molar-refractivity contribution is 8.00. The van der Waals surface area contributed by atoms with Crippen LogP contribution in [-0.4, -0.2) is 47.1 Å². The van der Waals surface area contributed by atoms with E-state index in [-0.39, 0.29) is 0 Å². The van der Waals surface area contributed by atoms with Crippen LogP contribution in [0.15, 0.2) is 0 Å². The van der Waals surface area contributed by atoms with E-state index in [1.54, 1.807) is 0 Å². The summed E-state index contributed by atoms with van der Waals surface area (Å²) in [6, 6.07) is 0. The lowest BCUT2D eigenvalue weighted by Crippen LogP contribution is -2.56. The summed E-state index contributed by atoms with van der Waals surface area (Å²) in [7, 11) is 0. The largest absolute Gasteiger partial charge is 0.310 e. The maximum absolute atomic E-state index is 3.72. The Morgan fingerprint density at radius 2 is 2.06 bits per heavy atom. The Bertz CT molecular complexity index is 234. The minimum atomic E-state index is 0.371. The van der Waals surface area contributed by atoms with Gasteiger partial charge in [0, 0.05) is 35.7 Å². The van der Waals surface area contributed by atoms with Crippen LogP contribution < -0.4 is 5.32 Å². The van der Waals surface area contributed by atoms with Crippen molar-refractivity contribution >= 4 is 11.8 Å². The molecule has 2 saturated heterocycles. The van der Waals surface area contributed by atoms with E-state index in [2.05, 4.69) is 42.7 Å². The predicted octanol–water partition coefficient (Wildman–Crippen LogP) is 2.35. The molecule has 2 rings (SSSR count). The Hall–Kier alpha value is 0.270. The third-order valence-electron chi connectivity index (χ3n) is 3.78. The van der Waals surface area contributed by atoms with Crippen LogP contribution in [-0.2, 0) is 0 Å². The standard InChI is InChI=1S/C13H26N2S/c1-12(2)10-15(8-9-16-12)11-13(3)6-4-5-7-14-13/h14H,4-11H2,1-3H3. The summed E-state index contributed by atoms with van der Waals surface area (Å²) in [6.45, 7) is 12.1. The van der Waals surface area contributed by atoms with E-state index in [4.69, 9.17) is 0 Å². The fourth-order valence-corrected chi connectivity index (χ4v) is 4.17. The average molecular weight is 242 g/mol. The van der Waals surface area contributed by atoms with Crippen LogP contribution in [0.4, 0.5) is 0 Å². The van der Waals surface area contributed by atoms with Crippen molar-refractivity contribution in [3.8, 4) is 0 Å². The van der Waals surface area contributed by atoms with Crippen molar-refractivity contribution in [3.63, 3.8) is 0 Å².